The molecule has 4 fully saturated rings. The summed E-state index contributed by atoms with van der Waals surface area (Å²) in [7, 11) is 0. The fraction of sp³-hybridized carbons (Fsp3) is 0.591. The highest BCUT2D eigenvalue weighted by atomic mass is 32.1. The average Bonchev–Trinajstić information content (AvgIpc) is 3.06. The van der Waals surface area contributed by atoms with E-state index in [4.69, 9.17) is 4.74 Å². The Morgan fingerprint density at radius 3 is 2.41 bits per heavy atom. The molecule has 1 aromatic carbocycles. The van der Waals surface area contributed by atoms with Gasteiger partial charge in [-0.3, -0.25) is 9.59 Å². The molecule has 2 aromatic rings. The van der Waals surface area contributed by atoms with Gasteiger partial charge in [0.15, 0.2) is 12.4 Å². The minimum atomic E-state index is -0.285. The second kappa shape index (κ2) is 6.69. The third-order valence-corrected chi connectivity index (χ3v) is 7.97. The number of ketones is 1. The molecule has 1 heterocycles. The summed E-state index contributed by atoms with van der Waals surface area (Å²) in [6.07, 6.45) is 7.89. The number of nitrogens with zero attached hydrogens (tertiary/aromatic N) is 1. The van der Waals surface area contributed by atoms with Gasteiger partial charge in [0, 0.05) is 11.8 Å². The van der Waals surface area contributed by atoms with Crippen molar-refractivity contribution in [3.8, 4) is 0 Å². The SMILES string of the molecule is O=C(CCc1nc2ccccc2s1)OCC(=O)C12CC3CC(CC(C3)C1)C2. The quantitative estimate of drug-likeness (QED) is 0.686. The molecule has 4 aliphatic carbocycles. The number of fused-ring (bicyclic) bond motifs is 1. The van der Waals surface area contributed by atoms with Gasteiger partial charge in [-0.15, -0.1) is 11.3 Å². The van der Waals surface area contributed by atoms with Gasteiger partial charge in [0.1, 0.15) is 0 Å². The van der Waals surface area contributed by atoms with E-state index in [1.165, 1.54) is 19.3 Å². The fourth-order valence-electron chi connectivity index (χ4n) is 6.06. The van der Waals surface area contributed by atoms with Gasteiger partial charge in [-0.25, -0.2) is 4.98 Å². The zero-order chi connectivity index (χ0) is 18.4. The number of esters is 1. The summed E-state index contributed by atoms with van der Waals surface area (Å²) in [4.78, 5) is 29.6. The maximum absolute atomic E-state index is 12.9. The first kappa shape index (κ1) is 17.4. The molecular formula is C22H25NO3S. The Balaban J connectivity index is 1.14. The van der Waals surface area contributed by atoms with E-state index in [0.29, 0.717) is 6.42 Å². The van der Waals surface area contributed by atoms with Crippen molar-refractivity contribution in [3.63, 3.8) is 0 Å². The normalized spacial score (nSPS) is 31.3. The van der Waals surface area contributed by atoms with Crippen LogP contribution in [0.2, 0.25) is 0 Å². The van der Waals surface area contributed by atoms with Crippen LogP contribution < -0.4 is 0 Å². The molecule has 1 aromatic heterocycles. The van der Waals surface area contributed by atoms with Crippen molar-refractivity contribution < 1.29 is 14.3 Å². The Bertz CT molecular complexity index is 818. The Hall–Kier alpha value is -1.75. The van der Waals surface area contributed by atoms with E-state index in [1.807, 2.05) is 24.3 Å². The van der Waals surface area contributed by atoms with E-state index in [0.717, 1.165) is 52.2 Å². The number of hydrogen-bond acceptors (Lipinski definition) is 5. The highest BCUT2D eigenvalue weighted by molar-refractivity contribution is 7.18. The molecule has 4 bridgehead atoms. The highest BCUT2D eigenvalue weighted by Crippen LogP contribution is 2.60. The largest absolute Gasteiger partial charge is 0.458 e. The molecule has 0 atom stereocenters. The van der Waals surface area contributed by atoms with Crippen LogP contribution in [0.15, 0.2) is 24.3 Å². The van der Waals surface area contributed by atoms with Crippen LogP contribution in [0.1, 0.15) is 50.0 Å². The molecule has 0 N–H and O–H groups in total. The first-order chi connectivity index (χ1) is 13.1. The molecule has 5 heteroatoms. The molecule has 6 rings (SSSR count). The number of benzene rings is 1. The number of ether oxygens (including phenoxy) is 1. The Morgan fingerprint density at radius 2 is 1.74 bits per heavy atom. The van der Waals surface area contributed by atoms with Crippen LogP contribution in [0.4, 0.5) is 0 Å². The van der Waals surface area contributed by atoms with Crippen LogP contribution in [0, 0.1) is 23.2 Å². The molecule has 0 radical (unpaired) electrons. The van der Waals surface area contributed by atoms with Crippen LogP contribution in [0.3, 0.4) is 0 Å². The smallest absolute Gasteiger partial charge is 0.306 e. The van der Waals surface area contributed by atoms with Gasteiger partial charge < -0.3 is 4.74 Å². The number of rotatable bonds is 6. The van der Waals surface area contributed by atoms with Gasteiger partial charge in [0.25, 0.3) is 0 Å². The zero-order valence-electron chi connectivity index (χ0n) is 15.5. The van der Waals surface area contributed by atoms with Crippen LogP contribution in [-0.2, 0) is 20.7 Å². The van der Waals surface area contributed by atoms with Crippen LogP contribution in [-0.4, -0.2) is 23.3 Å². The van der Waals surface area contributed by atoms with Gasteiger partial charge in [-0.1, -0.05) is 12.1 Å². The summed E-state index contributed by atoms with van der Waals surface area (Å²) < 4.78 is 6.51. The fourth-order valence-corrected chi connectivity index (χ4v) is 7.03. The van der Waals surface area contributed by atoms with Crippen molar-refractivity contribution in [2.45, 2.75) is 51.4 Å². The van der Waals surface area contributed by atoms with Crippen molar-refractivity contribution in [1.29, 1.82) is 0 Å². The number of carbonyl (C=O) groups is 2. The van der Waals surface area contributed by atoms with Gasteiger partial charge in [0.05, 0.1) is 21.6 Å². The topological polar surface area (TPSA) is 56.3 Å². The monoisotopic (exact) mass is 383 g/mol. The van der Waals surface area contributed by atoms with Crippen LogP contribution in [0.25, 0.3) is 10.2 Å². The molecule has 0 unspecified atom stereocenters. The second-order valence-corrected chi connectivity index (χ2v) is 9.97. The number of carbonyl (C=O) groups excluding carboxylic acids is 2. The van der Waals surface area contributed by atoms with Gasteiger partial charge >= 0.3 is 5.97 Å². The van der Waals surface area contributed by atoms with Crippen LogP contribution >= 0.6 is 11.3 Å². The molecule has 142 valence electrons. The van der Waals surface area contributed by atoms with E-state index in [1.54, 1.807) is 11.3 Å². The lowest BCUT2D eigenvalue weighted by Crippen LogP contribution is -2.51. The van der Waals surface area contributed by atoms with E-state index in [2.05, 4.69) is 4.98 Å². The molecule has 0 spiro atoms. The lowest BCUT2D eigenvalue weighted by Gasteiger charge is -2.55. The van der Waals surface area contributed by atoms with Crippen molar-refractivity contribution >= 4 is 33.3 Å². The third-order valence-electron chi connectivity index (χ3n) is 6.88. The van der Waals surface area contributed by atoms with E-state index < -0.39 is 0 Å². The van der Waals surface area contributed by atoms with Gasteiger partial charge in [0.2, 0.25) is 0 Å². The predicted octanol–water partition coefficient (Wildman–Crippen LogP) is 4.56. The van der Waals surface area contributed by atoms with Gasteiger partial charge in [-0.05, 0) is 68.4 Å². The number of hydrogen-bond donors (Lipinski definition) is 0. The molecule has 0 aliphatic heterocycles. The summed E-state index contributed by atoms with van der Waals surface area (Å²) in [6.45, 7) is -0.0369. The summed E-state index contributed by atoms with van der Waals surface area (Å²) in [5, 5.41) is 0.945. The number of aromatic nitrogens is 1. The molecule has 0 amide bonds. The Labute approximate surface area is 163 Å². The molecule has 4 nitrogen and oxygen atoms in total. The van der Waals surface area contributed by atoms with E-state index in [-0.39, 0.29) is 30.2 Å². The lowest BCUT2D eigenvalue weighted by atomic mass is 9.48. The van der Waals surface area contributed by atoms with E-state index in [9.17, 15) is 9.59 Å². The number of para-hydroxylation sites is 1. The molecule has 27 heavy (non-hydrogen) atoms. The van der Waals surface area contributed by atoms with E-state index >= 15 is 0 Å². The highest BCUT2D eigenvalue weighted by Gasteiger charge is 2.54. The lowest BCUT2D eigenvalue weighted by molar-refractivity contribution is -0.157. The minimum absolute atomic E-state index is 0.0369. The van der Waals surface area contributed by atoms with Crippen molar-refractivity contribution in [1.82, 2.24) is 4.98 Å². The number of aryl methyl sites for hydroxylation is 1. The first-order valence-corrected chi connectivity index (χ1v) is 10.9. The third kappa shape index (κ3) is 3.31. The molecule has 4 saturated carbocycles. The van der Waals surface area contributed by atoms with Crippen molar-refractivity contribution in [2.75, 3.05) is 6.61 Å². The summed E-state index contributed by atoms with van der Waals surface area (Å²) >= 11 is 1.62. The predicted molar refractivity (Wildman–Crippen MR) is 105 cm³/mol. The number of thiazole rings is 1. The Kier molecular flexibility index (Phi) is 4.30. The molecular weight excluding hydrogens is 358 g/mol. The number of Topliss-reactive ketones (excluding diaryl/α,β-unsaturated/α-hetero) is 1. The Morgan fingerprint density at radius 1 is 1.07 bits per heavy atom. The summed E-state index contributed by atoms with van der Waals surface area (Å²) in [6, 6.07) is 7.99. The van der Waals surface area contributed by atoms with Crippen molar-refractivity contribution in [3.05, 3.63) is 29.3 Å². The average molecular weight is 384 g/mol. The maximum atomic E-state index is 12.9. The molecule has 0 saturated heterocycles. The first-order valence-electron chi connectivity index (χ1n) is 10.1. The summed E-state index contributed by atoms with van der Waals surface area (Å²) in [5.41, 5.74) is 0.796. The van der Waals surface area contributed by atoms with Gasteiger partial charge in [-0.2, -0.15) is 0 Å². The molecule has 4 aliphatic rings. The summed E-state index contributed by atoms with van der Waals surface area (Å²) in [5.74, 6) is 2.09. The standard InChI is InChI=1S/C22H25NO3S/c24-19(22-10-14-7-15(11-22)9-16(8-14)12-22)13-26-21(25)6-5-20-23-17-3-1-2-4-18(17)27-20/h1-4,14-16H,5-13H2. The second-order valence-electron chi connectivity index (χ2n) is 8.86. The zero-order valence-corrected chi connectivity index (χ0v) is 16.3. The maximum Gasteiger partial charge on any atom is 0.306 e. The minimum Gasteiger partial charge on any atom is -0.458 e. The van der Waals surface area contributed by atoms with Crippen molar-refractivity contribution in [2.24, 2.45) is 23.2 Å². The van der Waals surface area contributed by atoms with Crippen LogP contribution in [0.5, 0.6) is 0 Å².